The second-order valence-electron chi connectivity index (χ2n) is 4.81. The molecule has 1 aliphatic rings. The van der Waals surface area contributed by atoms with Crippen LogP contribution in [-0.2, 0) is 10.0 Å². The third kappa shape index (κ3) is 3.03. The molecule has 1 aromatic carbocycles. The Morgan fingerprint density at radius 1 is 1.17 bits per heavy atom. The summed E-state index contributed by atoms with van der Waals surface area (Å²) in [6.07, 6.45) is 3.10. The third-order valence-corrected chi connectivity index (χ3v) is 4.90. The van der Waals surface area contributed by atoms with Crippen LogP contribution < -0.4 is 5.32 Å². The van der Waals surface area contributed by atoms with Crippen LogP contribution in [0.25, 0.3) is 0 Å². The lowest BCUT2D eigenvalue weighted by molar-refractivity contribution is 0.321. The van der Waals surface area contributed by atoms with E-state index in [1.165, 1.54) is 11.8 Å². The Balaban J connectivity index is 2.01. The van der Waals surface area contributed by atoms with E-state index in [-0.39, 0.29) is 0 Å². The summed E-state index contributed by atoms with van der Waals surface area (Å²) in [5, 5.41) is 3.10. The van der Waals surface area contributed by atoms with Crippen LogP contribution in [0.3, 0.4) is 0 Å². The first-order chi connectivity index (χ1) is 8.50. The average molecular weight is 268 g/mol. The highest BCUT2D eigenvalue weighted by molar-refractivity contribution is 7.88. The summed E-state index contributed by atoms with van der Waals surface area (Å²) in [4.78, 5) is 0. The smallest absolute Gasteiger partial charge is 0.211 e. The van der Waals surface area contributed by atoms with E-state index >= 15 is 0 Å². The van der Waals surface area contributed by atoms with E-state index in [1.807, 2.05) is 7.05 Å². The summed E-state index contributed by atoms with van der Waals surface area (Å²) in [6, 6.07) is 8.40. The molecule has 1 heterocycles. The van der Waals surface area contributed by atoms with Crippen LogP contribution in [0.15, 0.2) is 24.3 Å². The van der Waals surface area contributed by atoms with E-state index in [1.54, 1.807) is 4.31 Å². The predicted molar refractivity (Wildman–Crippen MR) is 74.4 cm³/mol. The van der Waals surface area contributed by atoms with Gasteiger partial charge in [0.25, 0.3) is 0 Å². The molecule has 1 aliphatic heterocycles. The Bertz CT molecular complexity index is 488. The molecule has 1 saturated heterocycles. The van der Waals surface area contributed by atoms with Crippen LogP contribution >= 0.6 is 0 Å². The fourth-order valence-corrected chi connectivity index (χ4v) is 3.32. The first kappa shape index (κ1) is 13.4. The van der Waals surface area contributed by atoms with E-state index in [9.17, 15) is 8.42 Å². The zero-order valence-corrected chi connectivity index (χ0v) is 11.7. The van der Waals surface area contributed by atoms with Crippen molar-refractivity contribution in [2.45, 2.75) is 18.8 Å². The minimum absolute atomic E-state index is 0.480. The molecule has 1 aromatic rings. The van der Waals surface area contributed by atoms with Crippen molar-refractivity contribution >= 4 is 15.7 Å². The van der Waals surface area contributed by atoms with Gasteiger partial charge < -0.3 is 5.32 Å². The van der Waals surface area contributed by atoms with Gasteiger partial charge in [0.1, 0.15) is 0 Å². The SMILES string of the molecule is CNc1ccc(C2CCN(S(C)(=O)=O)CC2)cc1. The fraction of sp³-hybridized carbons (Fsp3) is 0.538. The molecule has 0 spiro atoms. The summed E-state index contributed by atoms with van der Waals surface area (Å²) in [6.45, 7) is 1.27. The molecule has 0 amide bonds. The van der Waals surface area contributed by atoms with Crippen LogP contribution in [0.1, 0.15) is 24.3 Å². The molecular weight excluding hydrogens is 248 g/mol. The molecule has 0 aliphatic carbocycles. The van der Waals surface area contributed by atoms with E-state index in [0.29, 0.717) is 19.0 Å². The molecule has 4 nitrogen and oxygen atoms in total. The van der Waals surface area contributed by atoms with Crippen LogP contribution in [0.2, 0.25) is 0 Å². The zero-order valence-electron chi connectivity index (χ0n) is 10.9. The van der Waals surface area contributed by atoms with Crippen molar-refractivity contribution in [1.82, 2.24) is 4.31 Å². The number of anilines is 1. The summed E-state index contributed by atoms with van der Waals surface area (Å²) in [5.74, 6) is 0.480. The predicted octanol–water partition coefficient (Wildman–Crippen LogP) is 1.87. The lowest BCUT2D eigenvalue weighted by Crippen LogP contribution is -2.37. The first-order valence-corrected chi connectivity index (χ1v) is 8.08. The number of hydrogen-bond acceptors (Lipinski definition) is 3. The van der Waals surface area contributed by atoms with Gasteiger partial charge in [-0.2, -0.15) is 0 Å². The number of sulfonamides is 1. The molecule has 2 rings (SSSR count). The van der Waals surface area contributed by atoms with Crippen molar-refractivity contribution in [2.24, 2.45) is 0 Å². The Morgan fingerprint density at radius 2 is 1.72 bits per heavy atom. The highest BCUT2D eigenvalue weighted by Crippen LogP contribution is 2.29. The number of rotatable bonds is 3. The number of piperidine rings is 1. The number of hydrogen-bond donors (Lipinski definition) is 1. The molecule has 0 atom stereocenters. The van der Waals surface area contributed by atoms with Gasteiger partial charge in [-0.3, -0.25) is 0 Å². The number of benzene rings is 1. The van der Waals surface area contributed by atoms with Crippen molar-refractivity contribution < 1.29 is 8.42 Å². The van der Waals surface area contributed by atoms with Crippen LogP contribution in [0.4, 0.5) is 5.69 Å². The molecular formula is C13H20N2O2S. The molecule has 0 aromatic heterocycles. The monoisotopic (exact) mass is 268 g/mol. The van der Waals surface area contributed by atoms with Crippen molar-refractivity contribution in [1.29, 1.82) is 0 Å². The maximum atomic E-state index is 11.4. The van der Waals surface area contributed by atoms with Gasteiger partial charge in [0.2, 0.25) is 10.0 Å². The Morgan fingerprint density at radius 3 is 2.17 bits per heavy atom. The Labute approximate surface area is 109 Å². The maximum absolute atomic E-state index is 11.4. The minimum atomic E-state index is -3.02. The molecule has 1 fully saturated rings. The second kappa shape index (κ2) is 5.28. The number of nitrogens with one attached hydrogen (secondary N) is 1. The highest BCUT2D eigenvalue weighted by Gasteiger charge is 2.25. The maximum Gasteiger partial charge on any atom is 0.211 e. The van der Waals surface area contributed by atoms with Crippen LogP contribution in [-0.4, -0.2) is 39.1 Å². The van der Waals surface area contributed by atoms with Gasteiger partial charge in [-0.15, -0.1) is 0 Å². The van der Waals surface area contributed by atoms with Crippen molar-refractivity contribution in [3.05, 3.63) is 29.8 Å². The van der Waals surface area contributed by atoms with Gasteiger partial charge in [-0.25, -0.2) is 12.7 Å². The van der Waals surface area contributed by atoms with Gasteiger partial charge >= 0.3 is 0 Å². The molecule has 0 unspecified atom stereocenters. The van der Waals surface area contributed by atoms with Gasteiger partial charge in [0.15, 0.2) is 0 Å². The summed E-state index contributed by atoms with van der Waals surface area (Å²) in [7, 11) is -1.12. The zero-order chi connectivity index (χ0) is 13.2. The molecule has 0 radical (unpaired) electrons. The molecule has 5 heteroatoms. The van der Waals surface area contributed by atoms with Gasteiger partial charge in [-0.1, -0.05) is 12.1 Å². The first-order valence-electron chi connectivity index (χ1n) is 6.23. The Kier molecular flexibility index (Phi) is 3.92. The largest absolute Gasteiger partial charge is 0.388 e. The number of nitrogens with zero attached hydrogens (tertiary/aromatic N) is 1. The second-order valence-corrected chi connectivity index (χ2v) is 6.79. The summed E-state index contributed by atoms with van der Waals surface area (Å²) >= 11 is 0. The molecule has 0 saturated carbocycles. The molecule has 18 heavy (non-hydrogen) atoms. The van der Waals surface area contributed by atoms with Gasteiger partial charge in [-0.05, 0) is 36.5 Å². The lowest BCUT2D eigenvalue weighted by atomic mass is 9.90. The van der Waals surface area contributed by atoms with Crippen molar-refractivity contribution in [3.63, 3.8) is 0 Å². The summed E-state index contributed by atoms with van der Waals surface area (Å²) < 4.78 is 24.4. The average Bonchev–Trinajstić information content (AvgIpc) is 2.38. The fourth-order valence-electron chi connectivity index (χ4n) is 2.44. The van der Waals surface area contributed by atoms with E-state index < -0.39 is 10.0 Å². The van der Waals surface area contributed by atoms with Crippen molar-refractivity contribution in [2.75, 3.05) is 31.7 Å². The minimum Gasteiger partial charge on any atom is -0.388 e. The molecule has 0 bridgehead atoms. The van der Waals surface area contributed by atoms with E-state index in [4.69, 9.17) is 0 Å². The third-order valence-electron chi connectivity index (χ3n) is 3.59. The van der Waals surface area contributed by atoms with Gasteiger partial charge in [0, 0.05) is 25.8 Å². The standard InChI is InChI=1S/C13H20N2O2S/c1-14-13-5-3-11(4-6-13)12-7-9-15(10-8-12)18(2,16)17/h3-6,12,14H,7-10H2,1-2H3. The van der Waals surface area contributed by atoms with Crippen molar-refractivity contribution in [3.8, 4) is 0 Å². The normalized spacial score (nSPS) is 18.8. The Hall–Kier alpha value is -1.07. The molecule has 1 N–H and O–H groups in total. The topological polar surface area (TPSA) is 49.4 Å². The molecule has 100 valence electrons. The van der Waals surface area contributed by atoms with Gasteiger partial charge in [0.05, 0.1) is 6.26 Å². The lowest BCUT2D eigenvalue weighted by Gasteiger charge is -2.30. The summed E-state index contributed by atoms with van der Waals surface area (Å²) in [5.41, 5.74) is 2.41. The quantitative estimate of drug-likeness (QED) is 0.910. The van der Waals surface area contributed by atoms with Crippen LogP contribution in [0.5, 0.6) is 0 Å². The van der Waals surface area contributed by atoms with Crippen LogP contribution in [0, 0.1) is 0 Å². The highest BCUT2D eigenvalue weighted by atomic mass is 32.2. The van der Waals surface area contributed by atoms with E-state index in [2.05, 4.69) is 29.6 Å². The van der Waals surface area contributed by atoms with E-state index in [0.717, 1.165) is 18.5 Å².